The summed E-state index contributed by atoms with van der Waals surface area (Å²) >= 11 is 2.22. The minimum atomic E-state index is 0.945. The van der Waals surface area contributed by atoms with Crippen molar-refractivity contribution in [2.24, 2.45) is 0 Å². The first-order chi connectivity index (χ1) is 4.86. The van der Waals surface area contributed by atoms with E-state index in [4.69, 9.17) is 0 Å². The number of rotatable bonds is 0. The third-order valence-electron chi connectivity index (χ3n) is 1.27. The maximum Gasteiger partial charge on any atom is 0.347 e. The highest BCUT2D eigenvalue weighted by atomic mass is 127. The summed E-state index contributed by atoms with van der Waals surface area (Å²) in [5, 5.41) is 3.01. The van der Waals surface area contributed by atoms with Crippen molar-refractivity contribution in [1.82, 2.24) is 10.1 Å². The van der Waals surface area contributed by atoms with Crippen LogP contribution in [0.15, 0.2) is 24.7 Å². The Morgan fingerprint density at radius 3 is 3.40 bits per heavy atom. The first kappa shape index (κ1) is 6.09. The summed E-state index contributed by atoms with van der Waals surface area (Å²) in [7, 11) is 0. The predicted molar refractivity (Wildman–Crippen MR) is 44.5 cm³/mol. The fraction of sp³-hybridized carbons (Fsp3) is 0. The molecular formula is C6H5IN3+. The molecule has 2 heterocycles. The van der Waals surface area contributed by atoms with Gasteiger partial charge >= 0.3 is 5.65 Å². The first-order valence-corrected chi connectivity index (χ1v) is 3.94. The van der Waals surface area contributed by atoms with Crippen molar-refractivity contribution in [3.63, 3.8) is 0 Å². The van der Waals surface area contributed by atoms with Gasteiger partial charge in [0.2, 0.25) is 0 Å². The Kier molecular flexibility index (Phi) is 1.33. The molecule has 0 radical (unpaired) electrons. The van der Waals surface area contributed by atoms with Crippen LogP contribution in [0.3, 0.4) is 0 Å². The Hall–Kier alpha value is -0.650. The lowest BCUT2D eigenvalue weighted by molar-refractivity contribution is -0.579. The van der Waals surface area contributed by atoms with Crippen LogP contribution < -0.4 is 4.52 Å². The largest absolute Gasteiger partial charge is 0.347 e. The van der Waals surface area contributed by atoms with E-state index in [0.29, 0.717) is 0 Å². The van der Waals surface area contributed by atoms with Gasteiger partial charge in [-0.1, -0.05) is 0 Å². The SMILES string of the molecule is Ic1cnc2cc[nH][n+]2c1. The molecule has 0 aromatic carbocycles. The summed E-state index contributed by atoms with van der Waals surface area (Å²) in [4.78, 5) is 4.16. The van der Waals surface area contributed by atoms with Crippen LogP contribution >= 0.6 is 22.6 Å². The van der Waals surface area contributed by atoms with Gasteiger partial charge in [-0.3, -0.25) is 0 Å². The van der Waals surface area contributed by atoms with Gasteiger partial charge in [0.15, 0.2) is 6.20 Å². The van der Waals surface area contributed by atoms with E-state index < -0.39 is 0 Å². The molecule has 0 aliphatic carbocycles. The maximum absolute atomic E-state index is 4.16. The van der Waals surface area contributed by atoms with Gasteiger partial charge in [-0.2, -0.15) is 0 Å². The fourth-order valence-corrected chi connectivity index (χ4v) is 1.25. The van der Waals surface area contributed by atoms with E-state index in [1.807, 2.05) is 29.2 Å². The van der Waals surface area contributed by atoms with Gasteiger partial charge in [-0.25, -0.2) is 5.10 Å². The second-order valence-electron chi connectivity index (χ2n) is 1.96. The number of fused-ring (bicyclic) bond motifs is 1. The van der Waals surface area contributed by atoms with E-state index in [2.05, 4.69) is 32.7 Å². The van der Waals surface area contributed by atoms with Crippen LogP contribution in [0.1, 0.15) is 0 Å². The average Bonchev–Trinajstić information content (AvgIpc) is 2.33. The summed E-state index contributed by atoms with van der Waals surface area (Å²) in [6.45, 7) is 0. The molecule has 2 aromatic heterocycles. The van der Waals surface area contributed by atoms with Gasteiger partial charge in [0.25, 0.3) is 0 Å². The molecule has 0 bridgehead atoms. The molecule has 0 unspecified atom stereocenters. The summed E-state index contributed by atoms with van der Waals surface area (Å²) in [5.74, 6) is 0. The first-order valence-electron chi connectivity index (χ1n) is 2.86. The van der Waals surface area contributed by atoms with Crippen LogP contribution in [-0.2, 0) is 0 Å². The van der Waals surface area contributed by atoms with E-state index in [0.717, 1.165) is 9.22 Å². The van der Waals surface area contributed by atoms with Crippen LogP contribution in [0.25, 0.3) is 5.65 Å². The van der Waals surface area contributed by atoms with Crippen LogP contribution in [0.2, 0.25) is 0 Å². The van der Waals surface area contributed by atoms with Crippen molar-refractivity contribution in [3.8, 4) is 0 Å². The van der Waals surface area contributed by atoms with Crippen molar-refractivity contribution in [2.45, 2.75) is 0 Å². The lowest BCUT2D eigenvalue weighted by Crippen LogP contribution is -2.23. The number of hydrogen-bond acceptors (Lipinski definition) is 1. The second kappa shape index (κ2) is 2.19. The van der Waals surface area contributed by atoms with Gasteiger partial charge in [-0.15, -0.1) is 4.52 Å². The van der Waals surface area contributed by atoms with Gasteiger partial charge in [0.1, 0.15) is 6.20 Å². The minimum absolute atomic E-state index is 0.945. The molecule has 10 heavy (non-hydrogen) atoms. The number of aromatic amines is 1. The van der Waals surface area contributed by atoms with Gasteiger partial charge < -0.3 is 0 Å². The molecule has 0 amide bonds. The molecule has 0 spiro atoms. The molecule has 50 valence electrons. The third-order valence-corrected chi connectivity index (χ3v) is 1.82. The summed E-state index contributed by atoms with van der Waals surface area (Å²) in [6.07, 6.45) is 5.69. The van der Waals surface area contributed by atoms with E-state index in [1.165, 1.54) is 0 Å². The number of H-pyrrole nitrogens is 1. The number of nitrogens with zero attached hydrogens (tertiary/aromatic N) is 2. The Morgan fingerprint density at radius 2 is 2.50 bits per heavy atom. The molecule has 2 rings (SSSR count). The fourth-order valence-electron chi connectivity index (χ4n) is 0.832. The van der Waals surface area contributed by atoms with E-state index in [-0.39, 0.29) is 0 Å². The van der Waals surface area contributed by atoms with Crippen molar-refractivity contribution >= 4 is 28.2 Å². The predicted octanol–water partition coefficient (Wildman–Crippen LogP) is 0.753. The van der Waals surface area contributed by atoms with Crippen LogP contribution in [-0.4, -0.2) is 10.1 Å². The zero-order valence-electron chi connectivity index (χ0n) is 5.08. The van der Waals surface area contributed by atoms with E-state index >= 15 is 0 Å². The smallest absolute Gasteiger partial charge is 0.231 e. The summed E-state index contributed by atoms with van der Waals surface area (Å²) in [6, 6.07) is 1.93. The summed E-state index contributed by atoms with van der Waals surface area (Å²) < 4.78 is 3.00. The lowest BCUT2D eigenvalue weighted by Gasteiger charge is -1.81. The number of nitrogens with one attached hydrogen (secondary N) is 1. The van der Waals surface area contributed by atoms with Crippen molar-refractivity contribution in [2.75, 3.05) is 0 Å². The zero-order chi connectivity index (χ0) is 6.97. The highest BCUT2D eigenvalue weighted by Gasteiger charge is 2.02. The molecule has 2 aromatic rings. The summed E-state index contributed by atoms with van der Waals surface area (Å²) in [5.41, 5.74) is 0.945. The maximum atomic E-state index is 4.16. The molecule has 0 atom stereocenters. The molecule has 0 saturated carbocycles. The van der Waals surface area contributed by atoms with Crippen molar-refractivity contribution in [3.05, 3.63) is 28.2 Å². The Balaban J connectivity index is 2.86. The Labute approximate surface area is 71.2 Å². The molecule has 0 aliphatic rings. The highest BCUT2D eigenvalue weighted by molar-refractivity contribution is 14.1. The van der Waals surface area contributed by atoms with Crippen LogP contribution in [0.4, 0.5) is 0 Å². The molecular weight excluding hydrogens is 241 g/mol. The van der Waals surface area contributed by atoms with E-state index in [9.17, 15) is 0 Å². The number of halogens is 1. The molecule has 4 heteroatoms. The van der Waals surface area contributed by atoms with E-state index in [1.54, 1.807) is 0 Å². The van der Waals surface area contributed by atoms with Crippen molar-refractivity contribution < 1.29 is 4.52 Å². The lowest BCUT2D eigenvalue weighted by atomic mass is 10.6. The minimum Gasteiger partial charge on any atom is -0.231 e. The molecule has 1 N–H and O–H groups in total. The quantitative estimate of drug-likeness (QED) is 0.540. The third kappa shape index (κ3) is 0.880. The van der Waals surface area contributed by atoms with Crippen LogP contribution in [0.5, 0.6) is 0 Å². The standard InChI is InChI=1S/C6H4IN3/c7-5-3-8-6-1-2-9-10(6)4-5/h1-4H/p+1. The van der Waals surface area contributed by atoms with Gasteiger partial charge in [-0.05, 0) is 27.6 Å². The Morgan fingerprint density at radius 1 is 1.60 bits per heavy atom. The second-order valence-corrected chi connectivity index (χ2v) is 3.21. The average molecular weight is 246 g/mol. The van der Waals surface area contributed by atoms with Gasteiger partial charge in [0, 0.05) is 6.20 Å². The molecule has 0 saturated heterocycles. The topological polar surface area (TPSA) is 32.8 Å². The normalized spacial score (nSPS) is 10.5. The number of aromatic nitrogens is 3. The molecule has 0 fully saturated rings. The molecule has 3 nitrogen and oxygen atoms in total. The highest BCUT2D eigenvalue weighted by Crippen LogP contribution is 1.97. The van der Waals surface area contributed by atoms with Crippen LogP contribution in [0, 0.1) is 3.57 Å². The zero-order valence-corrected chi connectivity index (χ0v) is 7.24. The van der Waals surface area contributed by atoms with Gasteiger partial charge in [0.05, 0.1) is 9.64 Å². The monoisotopic (exact) mass is 246 g/mol. The molecule has 0 aliphatic heterocycles. The van der Waals surface area contributed by atoms with Crippen molar-refractivity contribution in [1.29, 1.82) is 0 Å². The Bertz CT molecular complexity index is 355. The number of hydrogen-bond donors (Lipinski definition) is 1.